The maximum atomic E-state index is 12.0. The molecular formula is C12H18N4O3. The van der Waals surface area contributed by atoms with Gasteiger partial charge in [-0.3, -0.25) is 9.48 Å². The molecule has 1 aromatic heterocycles. The number of aliphatic carboxylic acids is 1. The Hall–Kier alpha value is -2.05. The van der Waals surface area contributed by atoms with E-state index in [4.69, 9.17) is 5.11 Å². The lowest BCUT2D eigenvalue weighted by atomic mass is 10.3. The second-order valence-corrected chi connectivity index (χ2v) is 4.67. The van der Waals surface area contributed by atoms with Crippen molar-refractivity contribution in [2.24, 2.45) is 7.05 Å². The van der Waals surface area contributed by atoms with E-state index in [1.165, 1.54) is 0 Å². The number of aryl methyl sites for hydroxylation is 1. The van der Waals surface area contributed by atoms with Crippen molar-refractivity contribution >= 4 is 12.0 Å². The van der Waals surface area contributed by atoms with Gasteiger partial charge >= 0.3 is 12.0 Å². The monoisotopic (exact) mass is 266 g/mol. The molecule has 0 bridgehead atoms. The van der Waals surface area contributed by atoms with Gasteiger partial charge in [0, 0.05) is 25.8 Å². The highest BCUT2D eigenvalue weighted by Gasteiger charge is 2.32. The Balaban J connectivity index is 1.85. The van der Waals surface area contributed by atoms with Gasteiger partial charge in [0.25, 0.3) is 0 Å². The van der Waals surface area contributed by atoms with Gasteiger partial charge in [0.15, 0.2) is 0 Å². The molecule has 104 valence electrons. The molecule has 1 aromatic rings. The zero-order valence-corrected chi connectivity index (χ0v) is 10.9. The molecule has 1 fully saturated rings. The maximum absolute atomic E-state index is 12.0. The molecule has 2 rings (SSSR count). The van der Waals surface area contributed by atoms with Crippen LogP contribution in [-0.4, -0.2) is 44.4 Å². The molecule has 0 aliphatic heterocycles. The number of amides is 2. The lowest BCUT2D eigenvalue weighted by Gasteiger charge is -2.22. The highest BCUT2D eigenvalue weighted by Crippen LogP contribution is 2.26. The molecule has 0 saturated heterocycles. The molecule has 0 spiro atoms. The summed E-state index contributed by atoms with van der Waals surface area (Å²) in [6, 6.07) is 1.83. The fraction of sp³-hybridized carbons (Fsp3) is 0.583. The van der Waals surface area contributed by atoms with Gasteiger partial charge in [0.05, 0.1) is 18.7 Å². The number of carbonyl (C=O) groups is 2. The van der Waals surface area contributed by atoms with Crippen LogP contribution in [0.3, 0.4) is 0 Å². The lowest BCUT2D eigenvalue weighted by Crippen LogP contribution is -2.42. The Morgan fingerprint density at radius 3 is 2.84 bits per heavy atom. The number of rotatable bonds is 6. The Morgan fingerprint density at radius 1 is 1.58 bits per heavy atom. The topological polar surface area (TPSA) is 87.5 Å². The van der Waals surface area contributed by atoms with Crippen molar-refractivity contribution in [2.45, 2.75) is 31.8 Å². The largest absolute Gasteiger partial charge is 0.481 e. The molecule has 2 N–H and O–H groups in total. The summed E-state index contributed by atoms with van der Waals surface area (Å²) < 4.78 is 1.69. The first-order chi connectivity index (χ1) is 9.08. The second-order valence-electron chi connectivity index (χ2n) is 4.67. The fourth-order valence-corrected chi connectivity index (χ4v) is 1.89. The van der Waals surface area contributed by atoms with Crippen LogP contribution in [0.25, 0.3) is 0 Å². The minimum Gasteiger partial charge on any atom is -0.481 e. The van der Waals surface area contributed by atoms with E-state index < -0.39 is 5.97 Å². The van der Waals surface area contributed by atoms with Gasteiger partial charge in [-0.15, -0.1) is 0 Å². The molecular weight excluding hydrogens is 248 g/mol. The van der Waals surface area contributed by atoms with Crippen molar-refractivity contribution in [2.75, 3.05) is 6.54 Å². The minimum absolute atomic E-state index is 0.0182. The predicted molar refractivity (Wildman–Crippen MR) is 67.4 cm³/mol. The average Bonchev–Trinajstić information content (AvgIpc) is 3.10. The standard InChI is InChI=1S/C12H18N4O3/c1-15-10(4-6-14-15)8-13-12(19)16(9-2-3-9)7-5-11(17)18/h4,6,9H,2-3,5,7-8H2,1H3,(H,13,19)(H,17,18). The van der Waals surface area contributed by atoms with E-state index in [1.54, 1.807) is 15.8 Å². The number of hydrogen-bond acceptors (Lipinski definition) is 3. The lowest BCUT2D eigenvalue weighted by molar-refractivity contribution is -0.137. The number of hydrogen-bond donors (Lipinski definition) is 2. The Labute approximate surface area is 111 Å². The fourth-order valence-electron chi connectivity index (χ4n) is 1.89. The SMILES string of the molecule is Cn1nccc1CNC(=O)N(CCC(=O)O)C1CC1. The van der Waals surface area contributed by atoms with Crippen LogP contribution in [0.1, 0.15) is 25.0 Å². The van der Waals surface area contributed by atoms with Gasteiger partial charge in [-0.2, -0.15) is 5.10 Å². The summed E-state index contributed by atoms with van der Waals surface area (Å²) in [6.07, 6.45) is 3.57. The summed E-state index contributed by atoms with van der Waals surface area (Å²) in [7, 11) is 1.81. The van der Waals surface area contributed by atoms with Crippen molar-refractivity contribution in [1.82, 2.24) is 20.0 Å². The highest BCUT2D eigenvalue weighted by atomic mass is 16.4. The van der Waals surface area contributed by atoms with E-state index in [2.05, 4.69) is 10.4 Å². The van der Waals surface area contributed by atoms with Crippen LogP contribution in [0.5, 0.6) is 0 Å². The van der Waals surface area contributed by atoms with Crippen molar-refractivity contribution in [3.63, 3.8) is 0 Å². The number of urea groups is 1. The number of nitrogens with one attached hydrogen (secondary N) is 1. The zero-order valence-electron chi connectivity index (χ0n) is 10.9. The van der Waals surface area contributed by atoms with Crippen LogP contribution in [0.15, 0.2) is 12.3 Å². The quantitative estimate of drug-likeness (QED) is 0.788. The summed E-state index contributed by atoms with van der Waals surface area (Å²) >= 11 is 0. The molecule has 1 saturated carbocycles. The first-order valence-electron chi connectivity index (χ1n) is 6.31. The third kappa shape index (κ3) is 3.70. The minimum atomic E-state index is -0.884. The van der Waals surface area contributed by atoms with Crippen molar-refractivity contribution in [1.29, 1.82) is 0 Å². The van der Waals surface area contributed by atoms with Gasteiger partial charge in [0.1, 0.15) is 0 Å². The molecule has 0 atom stereocenters. The maximum Gasteiger partial charge on any atom is 0.317 e. The third-order valence-corrected chi connectivity index (χ3v) is 3.16. The molecule has 19 heavy (non-hydrogen) atoms. The second kappa shape index (κ2) is 5.73. The zero-order chi connectivity index (χ0) is 13.8. The smallest absolute Gasteiger partial charge is 0.317 e. The summed E-state index contributed by atoms with van der Waals surface area (Å²) in [4.78, 5) is 24.2. The van der Waals surface area contributed by atoms with Gasteiger partial charge < -0.3 is 15.3 Å². The van der Waals surface area contributed by atoms with Gasteiger partial charge in [-0.25, -0.2) is 4.79 Å². The van der Waals surface area contributed by atoms with Crippen LogP contribution < -0.4 is 5.32 Å². The summed E-state index contributed by atoms with van der Waals surface area (Å²) in [5.41, 5.74) is 0.905. The predicted octanol–water partition coefficient (Wildman–Crippen LogP) is 0.569. The van der Waals surface area contributed by atoms with E-state index in [0.29, 0.717) is 6.54 Å². The molecule has 1 aliphatic carbocycles. The summed E-state index contributed by atoms with van der Waals surface area (Å²) in [5.74, 6) is -0.884. The van der Waals surface area contributed by atoms with Crippen LogP contribution in [0.4, 0.5) is 4.79 Å². The normalized spacial score (nSPS) is 14.2. The highest BCUT2D eigenvalue weighted by molar-refractivity contribution is 5.76. The van der Waals surface area contributed by atoms with Crippen molar-refractivity contribution in [3.8, 4) is 0 Å². The molecule has 1 aliphatic rings. The van der Waals surface area contributed by atoms with Crippen LogP contribution in [0.2, 0.25) is 0 Å². The first kappa shape index (κ1) is 13.4. The van der Waals surface area contributed by atoms with Crippen molar-refractivity contribution in [3.05, 3.63) is 18.0 Å². The van der Waals surface area contributed by atoms with E-state index in [-0.39, 0.29) is 25.0 Å². The number of carbonyl (C=O) groups excluding carboxylic acids is 1. The van der Waals surface area contributed by atoms with E-state index in [1.807, 2.05) is 13.1 Å². The molecule has 0 unspecified atom stereocenters. The Bertz CT molecular complexity index is 467. The molecule has 1 heterocycles. The van der Waals surface area contributed by atoms with Crippen LogP contribution in [-0.2, 0) is 18.4 Å². The molecule has 7 nitrogen and oxygen atoms in total. The Kier molecular flexibility index (Phi) is 4.03. The molecule has 2 amide bonds. The van der Waals surface area contributed by atoms with E-state index in [9.17, 15) is 9.59 Å². The van der Waals surface area contributed by atoms with Crippen LogP contribution in [0, 0.1) is 0 Å². The van der Waals surface area contributed by atoms with Crippen molar-refractivity contribution < 1.29 is 14.7 Å². The molecule has 7 heteroatoms. The third-order valence-electron chi connectivity index (χ3n) is 3.16. The molecule has 0 radical (unpaired) electrons. The van der Waals surface area contributed by atoms with E-state index in [0.717, 1.165) is 18.5 Å². The number of carboxylic acid groups (broad SMARTS) is 1. The number of aromatic nitrogens is 2. The number of nitrogens with zero attached hydrogens (tertiary/aromatic N) is 3. The van der Waals surface area contributed by atoms with Gasteiger partial charge in [0.2, 0.25) is 0 Å². The Morgan fingerprint density at radius 2 is 2.32 bits per heavy atom. The van der Waals surface area contributed by atoms with Gasteiger partial charge in [-0.05, 0) is 18.9 Å². The summed E-state index contributed by atoms with van der Waals surface area (Å²) in [6.45, 7) is 0.656. The first-order valence-corrected chi connectivity index (χ1v) is 6.31. The van der Waals surface area contributed by atoms with E-state index >= 15 is 0 Å². The molecule has 0 aromatic carbocycles. The average molecular weight is 266 g/mol. The van der Waals surface area contributed by atoms with Crippen LogP contribution >= 0.6 is 0 Å². The number of carboxylic acids is 1. The summed E-state index contributed by atoms with van der Waals surface area (Å²) in [5, 5.41) is 15.5. The van der Waals surface area contributed by atoms with Gasteiger partial charge in [-0.1, -0.05) is 0 Å².